The number of fused-ring (bicyclic) bond motifs is 1. The fourth-order valence-electron chi connectivity index (χ4n) is 2.39. The van der Waals surface area contributed by atoms with Crippen molar-refractivity contribution in [2.24, 2.45) is 0 Å². The molecule has 0 saturated heterocycles. The van der Waals surface area contributed by atoms with Crippen LogP contribution < -0.4 is 9.47 Å². The quantitative estimate of drug-likeness (QED) is 0.599. The van der Waals surface area contributed by atoms with Crippen molar-refractivity contribution in [1.82, 2.24) is 15.1 Å². The molecule has 0 unspecified atom stereocenters. The van der Waals surface area contributed by atoms with Gasteiger partial charge in [-0.2, -0.15) is 11.3 Å². The van der Waals surface area contributed by atoms with E-state index in [4.69, 9.17) is 13.9 Å². The third kappa shape index (κ3) is 3.68. The first-order valence-electron chi connectivity index (χ1n) is 7.80. The number of nitrogens with zero attached hydrogens (tertiary/aromatic N) is 3. The highest BCUT2D eigenvalue weighted by molar-refractivity contribution is 7.99. The highest BCUT2D eigenvalue weighted by Gasteiger charge is 2.18. The topological polar surface area (TPSA) is 77.7 Å². The molecule has 9 heteroatoms. The van der Waals surface area contributed by atoms with E-state index in [1.165, 1.54) is 11.8 Å². The molecule has 1 aliphatic rings. The maximum Gasteiger partial charge on any atom is 0.277 e. The first kappa shape index (κ1) is 16.9. The van der Waals surface area contributed by atoms with Crippen LogP contribution in [-0.2, 0) is 11.3 Å². The maximum atomic E-state index is 12.2. The Morgan fingerprint density at radius 1 is 1.27 bits per heavy atom. The van der Waals surface area contributed by atoms with Crippen LogP contribution >= 0.6 is 23.1 Å². The number of hydrogen-bond acceptors (Lipinski definition) is 8. The number of ether oxygens (including phenoxy) is 2. The normalized spacial score (nSPS) is 12.3. The van der Waals surface area contributed by atoms with E-state index in [0.29, 0.717) is 29.2 Å². The zero-order chi connectivity index (χ0) is 17.9. The van der Waals surface area contributed by atoms with Gasteiger partial charge in [-0.3, -0.25) is 4.79 Å². The third-order valence-corrected chi connectivity index (χ3v) is 5.31. The van der Waals surface area contributed by atoms with Crippen molar-refractivity contribution in [3.8, 4) is 23.0 Å². The molecule has 2 aromatic heterocycles. The predicted molar refractivity (Wildman–Crippen MR) is 97.4 cm³/mol. The van der Waals surface area contributed by atoms with Gasteiger partial charge in [-0.25, -0.2) is 0 Å². The Morgan fingerprint density at radius 3 is 3.00 bits per heavy atom. The van der Waals surface area contributed by atoms with E-state index in [0.717, 1.165) is 11.1 Å². The minimum atomic E-state index is 0.00373. The van der Waals surface area contributed by atoms with E-state index < -0.39 is 0 Å². The van der Waals surface area contributed by atoms with E-state index in [2.05, 4.69) is 10.2 Å². The Labute approximate surface area is 157 Å². The van der Waals surface area contributed by atoms with Crippen LogP contribution in [0.4, 0.5) is 0 Å². The first-order valence-corrected chi connectivity index (χ1v) is 9.73. The monoisotopic (exact) mass is 389 g/mol. The molecule has 1 amide bonds. The second-order valence-corrected chi connectivity index (χ2v) is 7.32. The third-order valence-electron chi connectivity index (χ3n) is 3.77. The number of benzene rings is 1. The molecule has 0 radical (unpaired) electrons. The number of aromatic nitrogens is 2. The summed E-state index contributed by atoms with van der Waals surface area (Å²) in [6, 6.07) is 7.44. The summed E-state index contributed by atoms with van der Waals surface area (Å²) in [7, 11) is 1.78. The number of amides is 1. The van der Waals surface area contributed by atoms with Crippen molar-refractivity contribution < 1.29 is 18.7 Å². The molecule has 0 atom stereocenters. The second-order valence-electron chi connectivity index (χ2n) is 5.61. The van der Waals surface area contributed by atoms with Gasteiger partial charge in [0.05, 0.1) is 5.75 Å². The Morgan fingerprint density at radius 2 is 2.15 bits per heavy atom. The molecule has 4 rings (SSSR count). The molecule has 7 nitrogen and oxygen atoms in total. The lowest BCUT2D eigenvalue weighted by Gasteiger charge is -2.15. The van der Waals surface area contributed by atoms with Gasteiger partial charge >= 0.3 is 0 Å². The molecule has 1 aliphatic heterocycles. The number of thioether (sulfide) groups is 1. The summed E-state index contributed by atoms with van der Waals surface area (Å²) in [6.45, 7) is 0.805. The molecule has 0 aliphatic carbocycles. The molecular weight excluding hydrogens is 374 g/mol. The highest BCUT2D eigenvalue weighted by Crippen LogP contribution is 2.36. The van der Waals surface area contributed by atoms with Gasteiger partial charge in [0.25, 0.3) is 5.22 Å². The van der Waals surface area contributed by atoms with Crippen LogP contribution in [0.25, 0.3) is 11.5 Å². The Kier molecular flexibility index (Phi) is 4.81. The molecule has 3 heterocycles. The minimum absolute atomic E-state index is 0.00373. The fraction of sp³-hybridized carbons (Fsp3) is 0.235. The largest absolute Gasteiger partial charge is 0.454 e. The summed E-state index contributed by atoms with van der Waals surface area (Å²) in [5, 5.41) is 12.4. The van der Waals surface area contributed by atoms with Crippen LogP contribution in [0.15, 0.2) is 44.7 Å². The maximum absolute atomic E-state index is 12.2. The molecule has 0 bridgehead atoms. The highest BCUT2D eigenvalue weighted by atomic mass is 32.2. The lowest BCUT2D eigenvalue weighted by Crippen LogP contribution is -2.27. The average molecular weight is 389 g/mol. The summed E-state index contributed by atoms with van der Waals surface area (Å²) >= 11 is 2.84. The van der Waals surface area contributed by atoms with Crippen molar-refractivity contribution in [3.63, 3.8) is 0 Å². The summed E-state index contributed by atoms with van der Waals surface area (Å²) < 4.78 is 16.3. The molecule has 0 fully saturated rings. The van der Waals surface area contributed by atoms with Crippen LogP contribution in [0, 0.1) is 0 Å². The zero-order valence-electron chi connectivity index (χ0n) is 13.9. The number of thiophene rings is 1. The van der Waals surface area contributed by atoms with Crippen molar-refractivity contribution in [2.45, 2.75) is 11.8 Å². The van der Waals surface area contributed by atoms with E-state index >= 15 is 0 Å². The average Bonchev–Trinajstić information content (AvgIpc) is 3.39. The molecule has 26 heavy (non-hydrogen) atoms. The smallest absolute Gasteiger partial charge is 0.277 e. The van der Waals surface area contributed by atoms with Crippen molar-refractivity contribution >= 4 is 29.0 Å². The molecule has 0 N–H and O–H groups in total. The van der Waals surface area contributed by atoms with Crippen LogP contribution in [0.2, 0.25) is 0 Å². The molecule has 134 valence electrons. The van der Waals surface area contributed by atoms with Gasteiger partial charge in [-0.05, 0) is 40.6 Å². The fourth-order valence-corrected chi connectivity index (χ4v) is 3.76. The van der Waals surface area contributed by atoms with Gasteiger partial charge in [-0.1, -0.05) is 11.8 Å². The van der Waals surface area contributed by atoms with Gasteiger partial charge in [0.1, 0.15) is 0 Å². The van der Waals surface area contributed by atoms with Crippen molar-refractivity contribution in [3.05, 3.63) is 40.6 Å². The van der Waals surface area contributed by atoms with Crippen LogP contribution in [-0.4, -0.2) is 40.6 Å². The Bertz CT molecular complexity index is 911. The lowest BCUT2D eigenvalue weighted by atomic mass is 10.2. The minimum Gasteiger partial charge on any atom is -0.454 e. The van der Waals surface area contributed by atoms with Gasteiger partial charge in [-0.15, -0.1) is 10.2 Å². The van der Waals surface area contributed by atoms with Gasteiger partial charge in [0, 0.05) is 19.2 Å². The Hall–Kier alpha value is -2.52. The van der Waals surface area contributed by atoms with E-state index in [9.17, 15) is 4.79 Å². The van der Waals surface area contributed by atoms with E-state index in [1.807, 2.05) is 22.9 Å². The zero-order valence-corrected chi connectivity index (χ0v) is 15.5. The first-order chi connectivity index (χ1) is 12.7. The number of rotatable bonds is 6. The number of carbonyl (C=O) groups is 1. The Balaban J connectivity index is 1.35. The summed E-state index contributed by atoms with van der Waals surface area (Å²) in [6.07, 6.45) is 0. The summed E-state index contributed by atoms with van der Waals surface area (Å²) in [5.41, 5.74) is 1.87. The van der Waals surface area contributed by atoms with E-state index in [1.54, 1.807) is 35.4 Å². The van der Waals surface area contributed by atoms with Crippen molar-refractivity contribution in [2.75, 3.05) is 19.6 Å². The van der Waals surface area contributed by atoms with Crippen LogP contribution in [0.5, 0.6) is 11.5 Å². The van der Waals surface area contributed by atoms with E-state index in [-0.39, 0.29) is 18.5 Å². The summed E-state index contributed by atoms with van der Waals surface area (Å²) in [4.78, 5) is 13.9. The van der Waals surface area contributed by atoms with Gasteiger partial charge in [0.2, 0.25) is 18.6 Å². The number of hydrogen-bond donors (Lipinski definition) is 0. The molecule has 1 aromatic carbocycles. The molecular formula is C17H15N3O4S2. The van der Waals surface area contributed by atoms with Crippen molar-refractivity contribution in [1.29, 1.82) is 0 Å². The predicted octanol–water partition coefficient (Wildman–Crippen LogP) is 3.28. The standard InChI is InChI=1S/C17H15N3O4S2/c1-20(7-11-4-5-25-8-11)15(21)9-26-17-19-18-16(24-17)12-2-3-13-14(6-12)23-10-22-13/h2-6,8H,7,9-10H2,1H3. The lowest BCUT2D eigenvalue weighted by molar-refractivity contribution is -0.127. The molecule has 0 spiro atoms. The van der Waals surface area contributed by atoms with Gasteiger partial charge < -0.3 is 18.8 Å². The van der Waals surface area contributed by atoms with Gasteiger partial charge in [0.15, 0.2) is 11.5 Å². The molecule has 3 aromatic rings. The SMILES string of the molecule is CN(Cc1ccsc1)C(=O)CSc1nnc(-c2ccc3c(c2)OCO3)o1. The number of carbonyl (C=O) groups excluding carboxylic acids is 1. The molecule has 0 saturated carbocycles. The van der Waals surface area contributed by atoms with Crippen LogP contribution in [0.1, 0.15) is 5.56 Å². The van der Waals surface area contributed by atoms with Crippen LogP contribution in [0.3, 0.4) is 0 Å². The second kappa shape index (κ2) is 7.38. The summed E-state index contributed by atoms with van der Waals surface area (Å²) in [5.74, 6) is 1.97.